The van der Waals surface area contributed by atoms with Gasteiger partial charge in [-0.25, -0.2) is 9.97 Å². The maximum absolute atomic E-state index is 5.53. The van der Waals surface area contributed by atoms with Crippen LogP contribution in [-0.2, 0) is 17.8 Å². The first-order valence-corrected chi connectivity index (χ1v) is 7.74. The molecular weight excluding hydrogens is 250 g/mol. The lowest BCUT2D eigenvalue weighted by Crippen LogP contribution is -2.23. The molecule has 0 saturated heterocycles. The van der Waals surface area contributed by atoms with Crippen molar-refractivity contribution in [1.29, 1.82) is 0 Å². The number of rotatable bonds is 2. The fraction of sp³-hybridized carbons (Fsp3) is 0.750. The van der Waals surface area contributed by atoms with Crippen molar-refractivity contribution in [3.63, 3.8) is 0 Å². The van der Waals surface area contributed by atoms with Gasteiger partial charge < -0.3 is 10.1 Å². The van der Waals surface area contributed by atoms with E-state index in [9.17, 15) is 0 Å². The summed E-state index contributed by atoms with van der Waals surface area (Å²) in [7, 11) is 1.94. The van der Waals surface area contributed by atoms with Gasteiger partial charge in [-0.05, 0) is 31.1 Å². The lowest BCUT2D eigenvalue weighted by atomic mass is 9.73. The van der Waals surface area contributed by atoms with E-state index in [0.717, 1.165) is 30.2 Å². The van der Waals surface area contributed by atoms with Gasteiger partial charge in [0.2, 0.25) is 0 Å². The molecule has 3 rings (SSSR count). The van der Waals surface area contributed by atoms with E-state index < -0.39 is 0 Å². The van der Waals surface area contributed by atoms with Gasteiger partial charge in [0.15, 0.2) is 0 Å². The van der Waals surface area contributed by atoms with Crippen molar-refractivity contribution in [2.75, 3.05) is 19.0 Å². The van der Waals surface area contributed by atoms with E-state index in [0.29, 0.717) is 17.9 Å². The molecule has 1 aromatic heterocycles. The quantitative estimate of drug-likeness (QED) is 0.900. The minimum Gasteiger partial charge on any atom is -0.376 e. The van der Waals surface area contributed by atoms with Crippen LogP contribution in [0.25, 0.3) is 0 Å². The third kappa shape index (κ3) is 2.66. The molecule has 1 aromatic rings. The number of hydrogen-bond donors (Lipinski definition) is 1. The first-order chi connectivity index (χ1) is 9.59. The number of fused-ring (bicyclic) bond motifs is 1. The predicted molar refractivity (Wildman–Crippen MR) is 79.9 cm³/mol. The molecular formula is C16H25N3O. The molecule has 4 heteroatoms. The van der Waals surface area contributed by atoms with E-state index in [1.807, 2.05) is 7.05 Å². The third-order valence-corrected chi connectivity index (χ3v) is 4.78. The highest BCUT2D eigenvalue weighted by molar-refractivity contribution is 5.47. The highest BCUT2D eigenvalue weighted by Crippen LogP contribution is 2.42. The van der Waals surface area contributed by atoms with Crippen LogP contribution in [-0.4, -0.2) is 23.6 Å². The molecule has 0 spiro atoms. The first kappa shape index (κ1) is 13.8. The lowest BCUT2D eigenvalue weighted by molar-refractivity contribution is 0.109. The topological polar surface area (TPSA) is 47.0 Å². The van der Waals surface area contributed by atoms with Crippen LogP contribution >= 0.6 is 0 Å². The Kier molecular flexibility index (Phi) is 3.67. The second-order valence-corrected chi connectivity index (χ2v) is 6.85. The van der Waals surface area contributed by atoms with Gasteiger partial charge in [-0.2, -0.15) is 0 Å². The molecule has 4 nitrogen and oxygen atoms in total. The van der Waals surface area contributed by atoms with Crippen LogP contribution in [0.2, 0.25) is 0 Å². The Balaban J connectivity index is 1.87. The molecule has 110 valence electrons. The number of anilines is 1. The van der Waals surface area contributed by atoms with Gasteiger partial charge >= 0.3 is 0 Å². The van der Waals surface area contributed by atoms with Gasteiger partial charge in [-0.15, -0.1) is 0 Å². The van der Waals surface area contributed by atoms with E-state index in [-0.39, 0.29) is 0 Å². The fourth-order valence-electron chi connectivity index (χ4n) is 3.30. The molecule has 0 atom stereocenters. The minimum atomic E-state index is 0.490. The van der Waals surface area contributed by atoms with Crippen molar-refractivity contribution >= 4 is 5.82 Å². The average Bonchev–Trinajstić information content (AvgIpc) is 2.46. The van der Waals surface area contributed by atoms with Crippen LogP contribution < -0.4 is 5.32 Å². The third-order valence-electron chi connectivity index (χ3n) is 4.78. The zero-order valence-electron chi connectivity index (χ0n) is 12.8. The van der Waals surface area contributed by atoms with Crippen LogP contribution in [0.1, 0.15) is 62.5 Å². The van der Waals surface area contributed by atoms with E-state index >= 15 is 0 Å². The Bertz CT molecular complexity index is 471. The Morgan fingerprint density at radius 3 is 2.65 bits per heavy atom. The molecule has 2 heterocycles. The summed E-state index contributed by atoms with van der Waals surface area (Å²) in [5, 5.41) is 3.22. The van der Waals surface area contributed by atoms with Crippen LogP contribution in [0.5, 0.6) is 0 Å². The SMILES string of the molecule is CNc1nc(C2CCC(C)(C)CC2)nc2c1COCC2. The molecule has 1 fully saturated rings. The van der Waals surface area contributed by atoms with Crippen molar-refractivity contribution in [2.24, 2.45) is 5.41 Å². The van der Waals surface area contributed by atoms with E-state index in [2.05, 4.69) is 19.2 Å². The summed E-state index contributed by atoms with van der Waals surface area (Å²) in [5.74, 6) is 2.54. The monoisotopic (exact) mass is 275 g/mol. The van der Waals surface area contributed by atoms with Gasteiger partial charge in [0.1, 0.15) is 11.6 Å². The molecule has 0 radical (unpaired) electrons. The van der Waals surface area contributed by atoms with Crippen LogP contribution in [0.15, 0.2) is 0 Å². The van der Waals surface area contributed by atoms with Gasteiger partial charge in [0.05, 0.1) is 18.9 Å². The Hall–Kier alpha value is -1.16. The van der Waals surface area contributed by atoms with Crippen LogP contribution in [0.3, 0.4) is 0 Å². The largest absolute Gasteiger partial charge is 0.376 e. The van der Waals surface area contributed by atoms with Crippen molar-refractivity contribution in [2.45, 2.75) is 58.5 Å². The van der Waals surface area contributed by atoms with E-state index in [4.69, 9.17) is 14.7 Å². The van der Waals surface area contributed by atoms with Gasteiger partial charge in [-0.3, -0.25) is 0 Å². The highest BCUT2D eigenvalue weighted by Gasteiger charge is 2.30. The number of ether oxygens (including phenoxy) is 1. The molecule has 0 aromatic carbocycles. The Morgan fingerprint density at radius 1 is 1.20 bits per heavy atom. The average molecular weight is 275 g/mol. The Labute approximate surface area is 121 Å². The second kappa shape index (κ2) is 5.32. The zero-order valence-corrected chi connectivity index (χ0v) is 12.8. The summed E-state index contributed by atoms with van der Waals surface area (Å²) in [6.07, 6.45) is 5.89. The summed E-state index contributed by atoms with van der Waals surface area (Å²) in [6.45, 7) is 6.16. The number of nitrogens with zero attached hydrogens (tertiary/aromatic N) is 2. The normalized spacial score (nSPS) is 22.4. The molecule has 2 aliphatic rings. The van der Waals surface area contributed by atoms with Gasteiger partial charge in [0, 0.05) is 24.9 Å². The molecule has 1 aliphatic carbocycles. The second-order valence-electron chi connectivity index (χ2n) is 6.85. The number of nitrogens with one attached hydrogen (secondary N) is 1. The maximum atomic E-state index is 5.53. The van der Waals surface area contributed by atoms with Crippen molar-refractivity contribution in [3.8, 4) is 0 Å². The molecule has 1 saturated carbocycles. The molecule has 20 heavy (non-hydrogen) atoms. The smallest absolute Gasteiger partial charge is 0.135 e. The highest BCUT2D eigenvalue weighted by atomic mass is 16.5. The van der Waals surface area contributed by atoms with Crippen LogP contribution in [0, 0.1) is 5.41 Å². The minimum absolute atomic E-state index is 0.490. The Morgan fingerprint density at radius 2 is 1.95 bits per heavy atom. The summed E-state index contributed by atoms with van der Waals surface area (Å²) >= 11 is 0. The summed E-state index contributed by atoms with van der Waals surface area (Å²) < 4.78 is 5.53. The molecule has 1 N–H and O–H groups in total. The summed E-state index contributed by atoms with van der Waals surface area (Å²) in [4.78, 5) is 9.64. The zero-order chi connectivity index (χ0) is 14.2. The fourth-order valence-corrected chi connectivity index (χ4v) is 3.30. The van der Waals surface area contributed by atoms with E-state index in [1.165, 1.54) is 31.4 Å². The van der Waals surface area contributed by atoms with Crippen molar-refractivity contribution in [1.82, 2.24) is 9.97 Å². The van der Waals surface area contributed by atoms with Gasteiger partial charge in [-0.1, -0.05) is 13.8 Å². The van der Waals surface area contributed by atoms with Crippen LogP contribution in [0.4, 0.5) is 5.82 Å². The number of aromatic nitrogens is 2. The maximum Gasteiger partial charge on any atom is 0.135 e. The summed E-state index contributed by atoms with van der Waals surface area (Å²) in [6, 6.07) is 0. The molecule has 0 unspecified atom stereocenters. The molecule has 0 bridgehead atoms. The number of hydrogen-bond acceptors (Lipinski definition) is 4. The molecule has 0 amide bonds. The van der Waals surface area contributed by atoms with Crippen molar-refractivity contribution in [3.05, 3.63) is 17.1 Å². The standard InChI is InChI=1S/C16H25N3O/c1-16(2)7-4-11(5-8-16)14-18-13-6-9-20-10-12(13)15(17-3)19-14/h11H,4-10H2,1-3H3,(H,17,18,19). The summed E-state index contributed by atoms with van der Waals surface area (Å²) in [5.41, 5.74) is 2.83. The molecule has 1 aliphatic heterocycles. The lowest BCUT2D eigenvalue weighted by Gasteiger charge is -2.34. The predicted octanol–water partition coefficient (Wildman–Crippen LogP) is 3.27. The first-order valence-electron chi connectivity index (χ1n) is 7.74. The van der Waals surface area contributed by atoms with Crippen molar-refractivity contribution < 1.29 is 4.74 Å². The van der Waals surface area contributed by atoms with Gasteiger partial charge in [0.25, 0.3) is 0 Å². The van der Waals surface area contributed by atoms with E-state index in [1.54, 1.807) is 0 Å².